The second kappa shape index (κ2) is 13.9. The number of alkyl carbamates (subject to hydrolysis) is 1. The van der Waals surface area contributed by atoms with Gasteiger partial charge in [0.1, 0.15) is 6.10 Å². The molecule has 5 heteroatoms. The fourth-order valence-electron chi connectivity index (χ4n) is 9.31. The molecule has 2 unspecified atom stereocenters. The van der Waals surface area contributed by atoms with Crippen LogP contribution in [-0.2, 0) is 4.74 Å². The van der Waals surface area contributed by atoms with Gasteiger partial charge in [-0.2, -0.15) is 0 Å². The van der Waals surface area contributed by atoms with Crippen molar-refractivity contribution in [3.8, 4) is 12.8 Å². The molecule has 8 atom stereocenters. The molecule has 4 aliphatic carbocycles. The van der Waals surface area contributed by atoms with Crippen LogP contribution in [0.4, 0.5) is 4.79 Å². The van der Waals surface area contributed by atoms with E-state index in [0.29, 0.717) is 18.4 Å². The second-order valence-electron chi connectivity index (χ2n) is 15.4. The number of ether oxygens (including phenoxy) is 1. The molecule has 5 nitrogen and oxygen atoms in total. The summed E-state index contributed by atoms with van der Waals surface area (Å²) in [6.45, 7) is 14.5. The molecule has 41 heavy (non-hydrogen) atoms. The average Bonchev–Trinajstić information content (AvgIpc) is 3.35. The number of carbonyl (C=O) groups is 1. The summed E-state index contributed by atoms with van der Waals surface area (Å²) in [5.41, 5.74) is 9.03. The van der Waals surface area contributed by atoms with Crippen LogP contribution in [0.1, 0.15) is 119 Å². The van der Waals surface area contributed by atoms with E-state index in [2.05, 4.69) is 70.7 Å². The number of hydrogen-bond donors (Lipinski definition) is 2. The number of nitrogens with two attached hydrogens (primary N) is 1. The first-order valence-corrected chi connectivity index (χ1v) is 16.8. The lowest BCUT2D eigenvalue weighted by atomic mass is 9.47. The normalized spacial score (nSPS) is 35.3. The van der Waals surface area contributed by atoms with Crippen LogP contribution in [-0.4, -0.2) is 48.8 Å². The van der Waals surface area contributed by atoms with Crippen molar-refractivity contribution < 1.29 is 9.53 Å². The monoisotopic (exact) mass is 569 g/mol. The van der Waals surface area contributed by atoms with Crippen molar-refractivity contribution >= 4 is 6.09 Å². The molecule has 0 heterocycles. The largest absolute Gasteiger partial charge is 0.446 e. The lowest BCUT2D eigenvalue weighted by molar-refractivity contribution is -0.0332. The number of nitrogens with one attached hydrogen (secondary N) is 1. The molecule has 0 saturated heterocycles. The van der Waals surface area contributed by atoms with Gasteiger partial charge in [-0.25, -0.2) is 4.79 Å². The number of amides is 1. The zero-order chi connectivity index (χ0) is 30.6. The Balaban J connectivity index is 0.00000226. The van der Waals surface area contributed by atoms with Gasteiger partial charge in [-0.15, -0.1) is 12.8 Å². The predicted octanol–water partition coefficient (Wildman–Crippen LogP) is 7.79. The van der Waals surface area contributed by atoms with Gasteiger partial charge < -0.3 is 20.7 Å². The maximum Gasteiger partial charge on any atom is 0.407 e. The molecule has 3 fully saturated rings. The minimum Gasteiger partial charge on any atom is -0.446 e. The Kier molecular flexibility index (Phi) is 11.5. The molecular weight excluding hydrogens is 506 g/mol. The van der Waals surface area contributed by atoms with E-state index >= 15 is 0 Å². The van der Waals surface area contributed by atoms with Gasteiger partial charge in [0.15, 0.2) is 0 Å². The second-order valence-corrected chi connectivity index (χ2v) is 15.4. The molecule has 234 valence electrons. The van der Waals surface area contributed by atoms with Crippen LogP contribution in [0.2, 0.25) is 0 Å². The van der Waals surface area contributed by atoms with Crippen LogP contribution in [0.15, 0.2) is 11.6 Å². The van der Waals surface area contributed by atoms with E-state index in [0.717, 1.165) is 49.4 Å². The molecule has 4 aliphatic rings. The van der Waals surface area contributed by atoms with E-state index in [9.17, 15) is 4.79 Å². The lowest BCUT2D eigenvalue weighted by Gasteiger charge is -2.60. The Bertz CT molecular complexity index is 923. The Labute approximate surface area is 253 Å². The summed E-state index contributed by atoms with van der Waals surface area (Å²) >= 11 is 0. The minimum absolute atomic E-state index is 0.0259. The molecule has 0 aromatic rings. The maximum atomic E-state index is 12.6. The molecule has 3 N–H and O–H groups in total. The van der Waals surface area contributed by atoms with Crippen molar-refractivity contribution in [2.45, 2.75) is 136 Å². The maximum absolute atomic E-state index is 12.6. The summed E-state index contributed by atoms with van der Waals surface area (Å²) in [4.78, 5) is 14.8. The number of nitrogens with zero attached hydrogens (tertiary/aromatic N) is 1. The summed E-state index contributed by atoms with van der Waals surface area (Å²) in [7, 11) is 4.08. The highest BCUT2D eigenvalue weighted by Crippen LogP contribution is 2.63. The first-order chi connectivity index (χ1) is 19.3. The number of fused-ring (bicyclic) bond motifs is 5. The molecule has 1 amide bonds. The molecule has 0 aliphatic heterocycles. The Morgan fingerprint density at radius 1 is 1.20 bits per heavy atom. The van der Waals surface area contributed by atoms with Crippen LogP contribution in [0.5, 0.6) is 0 Å². The molecular formula is C36H63N3O2. The molecule has 0 radical (unpaired) electrons. The summed E-state index contributed by atoms with van der Waals surface area (Å²) in [6.07, 6.45) is 25.0. The van der Waals surface area contributed by atoms with Gasteiger partial charge >= 0.3 is 6.09 Å². The Hall–Kier alpha value is -1.51. The highest BCUT2D eigenvalue weighted by molar-refractivity contribution is 5.67. The van der Waals surface area contributed by atoms with Gasteiger partial charge in [-0.1, -0.05) is 65.0 Å². The zero-order valence-electron chi connectivity index (χ0n) is 27.8. The van der Waals surface area contributed by atoms with Crippen LogP contribution in [0.25, 0.3) is 0 Å². The molecule has 0 aromatic heterocycles. The molecule has 0 bridgehead atoms. The van der Waals surface area contributed by atoms with Crippen LogP contribution >= 0.6 is 0 Å². The van der Waals surface area contributed by atoms with Gasteiger partial charge in [0, 0.05) is 24.0 Å². The fraction of sp³-hybridized carbons (Fsp3) is 0.861. The van der Waals surface area contributed by atoms with Gasteiger partial charge in [0.05, 0.1) is 0 Å². The number of terminal acetylenes is 1. The van der Waals surface area contributed by atoms with Gasteiger partial charge in [-0.3, -0.25) is 0 Å². The van der Waals surface area contributed by atoms with Crippen molar-refractivity contribution in [3.63, 3.8) is 0 Å². The Morgan fingerprint density at radius 3 is 2.54 bits per heavy atom. The van der Waals surface area contributed by atoms with Crippen LogP contribution in [0, 0.1) is 53.8 Å². The number of hydrogen-bond acceptors (Lipinski definition) is 4. The van der Waals surface area contributed by atoms with E-state index in [-0.39, 0.29) is 28.7 Å². The third-order valence-electron chi connectivity index (χ3n) is 12.5. The molecule has 0 aromatic carbocycles. The number of carbonyl (C=O) groups excluding carboxylic acids is 1. The van der Waals surface area contributed by atoms with Crippen molar-refractivity contribution in [1.29, 1.82) is 0 Å². The highest BCUT2D eigenvalue weighted by atomic mass is 16.6. The molecule has 4 rings (SSSR count). The summed E-state index contributed by atoms with van der Waals surface area (Å²) in [5, 5.41) is 3.00. The van der Waals surface area contributed by atoms with Crippen LogP contribution in [0.3, 0.4) is 0 Å². The van der Waals surface area contributed by atoms with Gasteiger partial charge in [-0.05, 0) is 114 Å². The average molecular weight is 570 g/mol. The number of likely N-dealkylation sites (N-methyl/N-ethyl adjacent to an activating group) is 1. The zero-order valence-corrected chi connectivity index (χ0v) is 27.8. The minimum atomic E-state index is -0.278. The van der Waals surface area contributed by atoms with E-state index in [1.165, 1.54) is 56.9 Å². The highest BCUT2D eigenvalue weighted by Gasteiger charge is 2.60. The first-order valence-electron chi connectivity index (χ1n) is 16.8. The molecule has 3 saturated carbocycles. The standard InChI is InChI=1S/C34H61N3O2.C2H2/c1-9-24(23(2)3)11-10-12-25-13-15-29-28(25)14-16-30-33(6)19-18-27(21-26(33)17-20-34(29,30)35)39-31(38)36-22-32(4,5)37(7)8;1-2/h17,23-25,27-30H,9-16,18-22,35H2,1-8H3,(H,36,38);1-2H/t24-,25?,27+,28-,29?,30-,33+,34-;/m1./s1. The van der Waals surface area contributed by atoms with Crippen molar-refractivity contribution in [2.24, 2.45) is 46.7 Å². The summed E-state index contributed by atoms with van der Waals surface area (Å²) in [5.74, 6) is 4.66. The van der Waals surface area contributed by atoms with Crippen molar-refractivity contribution in [1.82, 2.24) is 10.2 Å². The predicted molar refractivity (Wildman–Crippen MR) is 172 cm³/mol. The third-order valence-corrected chi connectivity index (χ3v) is 12.5. The van der Waals surface area contributed by atoms with E-state index in [4.69, 9.17) is 10.5 Å². The molecule has 0 spiro atoms. The van der Waals surface area contributed by atoms with Crippen molar-refractivity contribution in [3.05, 3.63) is 11.6 Å². The Morgan fingerprint density at radius 2 is 1.90 bits per heavy atom. The smallest absolute Gasteiger partial charge is 0.407 e. The topological polar surface area (TPSA) is 67.6 Å². The van der Waals surface area contributed by atoms with E-state index < -0.39 is 0 Å². The summed E-state index contributed by atoms with van der Waals surface area (Å²) in [6, 6.07) is 0. The third kappa shape index (κ3) is 7.18. The van der Waals surface area contributed by atoms with Crippen LogP contribution < -0.4 is 11.1 Å². The lowest BCUT2D eigenvalue weighted by Crippen LogP contribution is -2.64. The van der Waals surface area contributed by atoms with Gasteiger partial charge in [0.25, 0.3) is 0 Å². The quantitative estimate of drug-likeness (QED) is 0.208. The SMILES string of the molecule is C#C.CC[C@H](CCCC1CCC2[C@@H]1CC[C@@H]1[C@@]3(C)CC[C@H](OC(=O)NCC(C)(C)N(C)C)CC3=CC[C@@]21N)C(C)C. The van der Waals surface area contributed by atoms with Gasteiger partial charge in [0.2, 0.25) is 0 Å². The fourth-order valence-corrected chi connectivity index (χ4v) is 9.31. The van der Waals surface area contributed by atoms with E-state index in [1.54, 1.807) is 0 Å². The number of rotatable bonds is 10. The van der Waals surface area contributed by atoms with E-state index in [1.807, 2.05) is 14.1 Å². The van der Waals surface area contributed by atoms with Crippen molar-refractivity contribution in [2.75, 3.05) is 20.6 Å². The first kappa shape index (κ1) is 34.0. The summed E-state index contributed by atoms with van der Waals surface area (Å²) < 4.78 is 5.94.